The number of hydrogen-bond donors (Lipinski definition) is 2. The zero-order chi connectivity index (χ0) is 18.5. The van der Waals surface area contributed by atoms with E-state index < -0.39 is 0 Å². The third-order valence-electron chi connectivity index (χ3n) is 4.62. The van der Waals surface area contributed by atoms with Crippen molar-refractivity contribution in [3.05, 3.63) is 65.7 Å². The van der Waals surface area contributed by atoms with Gasteiger partial charge in [-0.15, -0.1) is 0 Å². The summed E-state index contributed by atoms with van der Waals surface area (Å²) in [4.78, 5) is 25.8. The summed E-state index contributed by atoms with van der Waals surface area (Å²) in [6.45, 7) is 2.23. The monoisotopic (exact) mass is 351 g/mol. The van der Waals surface area contributed by atoms with Crippen molar-refractivity contribution in [3.8, 4) is 0 Å². The molecule has 1 saturated carbocycles. The van der Waals surface area contributed by atoms with Gasteiger partial charge in [0.15, 0.2) is 0 Å². The van der Waals surface area contributed by atoms with Crippen LogP contribution in [0.2, 0.25) is 0 Å². The predicted molar refractivity (Wildman–Crippen MR) is 102 cm³/mol. The van der Waals surface area contributed by atoms with Crippen LogP contribution in [0.25, 0.3) is 0 Å². The largest absolute Gasteiger partial charge is 0.336 e. The van der Waals surface area contributed by atoms with E-state index in [-0.39, 0.29) is 24.3 Å². The van der Waals surface area contributed by atoms with E-state index in [1.54, 1.807) is 6.92 Å². The van der Waals surface area contributed by atoms with Crippen molar-refractivity contribution in [2.45, 2.75) is 44.8 Å². The average molecular weight is 351 g/mol. The van der Waals surface area contributed by atoms with E-state index in [2.05, 4.69) is 5.32 Å². The molecule has 0 aliphatic heterocycles. The highest BCUT2D eigenvalue weighted by atomic mass is 16.2. The summed E-state index contributed by atoms with van der Waals surface area (Å²) in [6, 6.07) is 17.3. The van der Waals surface area contributed by atoms with Crippen molar-refractivity contribution in [3.63, 3.8) is 0 Å². The SMILES string of the molecule is CC(=O)N(Cc1ccc(NC(=O)CC(N)c2ccccc2)cc1)C1CC1. The first kappa shape index (κ1) is 18.1. The molecule has 1 atom stereocenters. The summed E-state index contributed by atoms with van der Waals surface area (Å²) in [5.41, 5.74) is 8.84. The minimum absolute atomic E-state index is 0.111. The lowest BCUT2D eigenvalue weighted by molar-refractivity contribution is -0.130. The van der Waals surface area contributed by atoms with E-state index >= 15 is 0 Å². The van der Waals surface area contributed by atoms with Gasteiger partial charge in [-0.25, -0.2) is 0 Å². The van der Waals surface area contributed by atoms with Gasteiger partial charge in [0.1, 0.15) is 0 Å². The van der Waals surface area contributed by atoms with Gasteiger partial charge >= 0.3 is 0 Å². The van der Waals surface area contributed by atoms with Gasteiger partial charge in [0.2, 0.25) is 11.8 Å². The van der Waals surface area contributed by atoms with Crippen LogP contribution < -0.4 is 11.1 Å². The number of rotatable bonds is 7. The van der Waals surface area contributed by atoms with Gasteiger partial charge in [-0.05, 0) is 36.1 Å². The first-order chi connectivity index (χ1) is 12.5. The van der Waals surface area contributed by atoms with Crippen LogP contribution in [0.15, 0.2) is 54.6 Å². The molecule has 0 radical (unpaired) electrons. The number of nitrogens with two attached hydrogens (primary N) is 1. The second-order valence-electron chi connectivity index (χ2n) is 6.84. The third kappa shape index (κ3) is 4.92. The van der Waals surface area contributed by atoms with Crippen molar-refractivity contribution < 1.29 is 9.59 Å². The Bertz CT molecular complexity index is 755. The molecule has 2 aromatic carbocycles. The van der Waals surface area contributed by atoms with E-state index in [9.17, 15) is 9.59 Å². The Labute approximate surface area is 154 Å². The Morgan fingerprint density at radius 3 is 2.35 bits per heavy atom. The average Bonchev–Trinajstić information content (AvgIpc) is 3.46. The molecule has 5 nitrogen and oxygen atoms in total. The molecule has 0 spiro atoms. The molecular formula is C21H25N3O2. The van der Waals surface area contributed by atoms with E-state index in [1.165, 1.54) is 0 Å². The molecule has 3 N–H and O–H groups in total. The van der Waals surface area contributed by atoms with Gasteiger partial charge in [0, 0.05) is 37.7 Å². The van der Waals surface area contributed by atoms with E-state index in [0.29, 0.717) is 12.6 Å². The van der Waals surface area contributed by atoms with E-state index in [0.717, 1.165) is 29.7 Å². The Hall–Kier alpha value is -2.66. The number of benzene rings is 2. The van der Waals surface area contributed by atoms with Gasteiger partial charge in [0.25, 0.3) is 0 Å². The van der Waals surface area contributed by atoms with Gasteiger partial charge in [0.05, 0.1) is 0 Å². The molecule has 0 aromatic heterocycles. The van der Waals surface area contributed by atoms with Crippen LogP contribution in [0.5, 0.6) is 0 Å². The predicted octanol–water partition coefficient (Wildman–Crippen LogP) is 3.23. The molecule has 2 amide bonds. The lowest BCUT2D eigenvalue weighted by atomic mass is 10.0. The number of amides is 2. The van der Waals surface area contributed by atoms with E-state index in [4.69, 9.17) is 5.73 Å². The van der Waals surface area contributed by atoms with E-state index in [1.807, 2.05) is 59.5 Å². The zero-order valence-electron chi connectivity index (χ0n) is 15.0. The van der Waals surface area contributed by atoms with Crippen LogP contribution in [-0.2, 0) is 16.1 Å². The first-order valence-electron chi connectivity index (χ1n) is 8.99. The van der Waals surface area contributed by atoms with Gasteiger partial charge < -0.3 is 16.0 Å². The van der Waals surface area contributed by atoms with Gasteiger partial charge in [-0.2, -0.15) is 0 Å². The van der Waals surface area contributed by atoms with Crippen LogP contribution in [0.3, 0.4) is 0 Å². The van der Waals surface area contributed by atoms with Gasteiger partial charge in [-0.3, -0.25) is 9.59 Å². The fourth-order valence-electron chi connectivity index (χ4n) is 3.00. The Morgan fingerprint density at radius 1 is 1.12 bits per heavy atom. The first-order valence-corrected chi connectivity index (χ1v) is 8.99. The Balaban J connectivity index is 1.53. The summed E-state index contributed by atoms with van der Waals surface area (Å²) in [7, 11) is 0. The fraction of sp³-hybridized carbons (Fsp3) is 0.333. The van der Waals surface area contributed by atoms with Crippen molar-refractivity contribution in [1.29, 1.82) is 0 Å². The second-order valence-corrected chi connectivity index (χ2v) is 6.84. The molecule has 1 fully saturated rings. The third-order valence-corrected chi connectivity index (χ3v) is 4.62. The number of nitrogens with zero attached hydrogens (tertiary/aromatic N) is 1. The summed E-state index contributed by atoms with van der Waals surface area (Å²) in [5.74, 6) is -0.00257. The van der Waals surface area contributed by atoms with Gasteiger partial charge in [-0.1, -0.05) is 42.5 Å². The number of anilines is 1. The quantitative estimate of drug-likeness (QED) is 0.804. The summed E-state index contributed by atoms with van der Waals surface area (Å²) in [5, 5.41) is 2.88. The molecule has 0 saturated heterocycles. The van der Waals surface area contributed by atoms with Crippen molar-refractivity contribution in [2.24, 2.45) is 5.73 Å². The number of nitrogens with one attached hydrogen (secondary N) is 1. The summed E-state index contributed by atoms with van der Waals surface area (Å²) >= 11 is 0. The topological polar surface area (TPSA) is 75.4 Å². The van der Waals surface area contributed by atoms with Crippen LogP contribution in [0.4, 0.5) is 5.69 Å². The normalized spacial score (nSPS) is 14.5. The van der Waals surface area contributed by atoms with Crippen LogP contribution in [-0.4, -0.2) is 22.8 Å². The fourth-order valence-corrected chi connectivity index (χ4v) is 3.00. The van der Waals surface area contributed by atoms with Crippen molar-refractivity contribution in [1.82, 2.24) is 4.90 Å². The number of carbonyl (C=O) groups excluding carboxylic acids is 2. The molecular weight excluding hydrogens is 326 g/mol. The zero-order valence-corrected chi connectivity index (χ0v) is 15.0. The number of hydrogen-bond acceptors (Lipinski definition) is 3. The van der Waals surface area contributed by atoms with Crippen LogP contribution in [0.1, 0.15) is 43.4 Å². The van der Waals surface area contributed by atoms with Crippen LogP contribution >= 0.6 is 0 Å². The maximum Gasteiger partial charge on any atom is 0.226 e. The Morgan fingerprint density at radius 2 is 1.77 bits per heavy atom. The molecule has 5 heteroatoms. The minimum atomic E-state index is -0.321. The Kier molecular flexibility index (Phi) is 5.68. The molecule has 1 aliphatic rings. The van der Waals surface area contributed by atoms with Crippen molar-refractivity contribution in [2.75, 3.05) is 5.32 Å². The molecule has 1 aliphatic carbocycles. The smallest absolute Gasteiger partial charge is 0.226 e. The molecule has 0 heterocycles. The molecule has 26 heavy (non-hydrogen) atoms. The standard InChI is InChI=1S/C21H25N3O2/c1-15(25)24(19-11-12-19)14-16-7-9-18(10-8-16)23-21(26)13-20(22)17-5-3-2-4-6-17/h2-10,19-20H,11-14,22H2,1H3,(H,23,26). The highest BCUT2D eigenvalue weighted by Gasteiger charge is 2.30. The molecule has 1 unspecified atom stereocenters. The molecule has 3 rings (SSSR count). The summed E-state index contributed by atoms with van der Waals surface area (Å²) in [6.07, 6.45) is 2.41. The maximum absolute atomic E-state index is 12.2. The highest BCUT2D eigenvalue weighted by Crippen LogP contribution is 2.28. The lowest BCUT2D eigenvalue weighted by Gasteiger charge is -2.20. The summed E-state index contributed by atoms with van der Waals surface area (Å²) < 4.78 is 0. The highest BCUT2D eigenvalue weighted by molar-refractivity contribution is 5.91. The van der Waals surface area contributed by atoms with Crippen molar-refractivity contribution >= 4 is 17.5 Å². The lowest BCUT2D eigenvalue weighted by Crippen LogP contribution is -2.30. The van der Waals surface area contributed by atoms with Crippen LogP contribution in [0, 0.1) is 0 Å². The minimum Gasteiger partial charge on any atom is -0.336 e. The molecule has 0 bridgehead atoms. The molecule has 136 valence electrons. The maximum atomic E-state index is 12.2. The molecule has 2 aromatic rings. The second kappa shape index (κ2) is 8.15. The number of carbonyl (C=O) groups is 2.